The number of rotatable bonds is 3. The van der Waals surface area contributed by atoms with E-state index in [0.717, 1.165) is 4.88 Å². The Morgan fingerprint density at radius 1 is 1.45 bits per heavy atom. The molecule has 0 bridgehead atoms. The molecule has 0 aliphatic carbocycles. The summed E-state index contributed by atoms with van der Waals surface area (Å²) in [7, 11) is 1.54. The number of piperidine rings is 1. The number of nitrogens with zero attached hydrogens (tertiary/aromatic N) is 1. The van der Waals surface area contributed by atoms with Gasteiger partial charge in [0.05, 0.1) is 13.0 Å². The third kappa shape index (κ3) is 2.95. The number of likely N-dealkylation sites (tertiary alicyclic amines) is 1. The summed E-state index contributed by atoms with van der Waals surface area (Å²) < 4.78 is 5.23. The molecule has 1 aromatic heterocycles. The second kappa shape index (κ2) is 5.83. The number of hydrogen-bond donors (Lipinski definition) is 1. The zero-order valence-corrected chi connectivity index (χ0v) is 12.7. The van der Waals surface area contributed by atoms with E-state index in [0.29, 0.717) is 23.6 Å². The van der Waals surface area contributed by atoms with E-state index in [1.807, 2.05) is 19.9 Å². The molecule has 5 nitrogen and oxygen atoms in total. The highest BCUT2D eigenvalue weighted by Crippen LogP contribution is 2.32. The Kier molecular flexibility index (Phi) is 4.32. The van der Waals surface area contributed by atoms with Crippen LogP contribution in [0.2, 0.25) is 0 Å². The average Bonchev–Trinajstić information content (AvgIpc) is 2.78. The topological polar surface area (TPSA) is 66.8 Å². The van der Waals surface area contributed by atoms with Gasteiger partial charge in [-0.25, -0.2) is 0 Å². The van der Waals surface area contributed by atoms with Crippen LogP contribution in [0.15, 0.2) is 6.07 Å². The summed E-state index contributed by atoms with van der Waals surface area (Å²) in [4.78, 5) is 26.9. The standard InChI is InChI=1S/C14H19NO4S/c1-8-4-10(14(17)18)7-15(6-8)13(16)12-11(19-3)5-9(2)20-12/h5,8,10H,4,6-7H2,1-3H3,(H,17,18). The number of carboxylic acid groups (broad SMARTS) is 1. The molecule has 0 aromatic carbocycles. The lowest BCUT2D eigenvalue weighted by atomic mass is 9.90. The second-order valence-electron chi connectivity index (χ2n) is 5.34. The minimum Gasteiger partial charge on any atom is -0.495 e. The van der Waals surface area contributed by atoms with Gasteiger partial charge in [-0.05, 0) is 25.3 Å². The molecule has 1 amide bonds. The molecule has 2 rings (SSSR count). The molecule has 1 saturated heterocycles. The van der Waals surface area contributed by atoms with Gasteiger partial charge in [0.15, 0.2) is 0 Å². The van der Waals surface area contributed by atoms with Gasteiger partial charge in [-0.3, -0.25) is 9.59 Å². The van der Waals surface area contributed by atoms with E-state index in [9.17, 15) is 14.7 Å². The minimum absolute atomic E-state index is 0.127. The molecule has 110 valence electrons. The van der Waals surface area contributed by atoms with Gasteiger partial charge in [0.2, 0.25) is 0 Å². The largest absolute Gasteiger partial charge is 0.495 e. The smallest absolute Gasteiger partial charge is 0.308 e. The van der Waals surface area contributed by atoms with E-state index in [1.165, 1.54) is 18.4 Å². The number of amides is 1. The second-order valence-corrected chi connectivity index (χ2v) is 6.60. The van der Waals surface area contributed by atoms with Crippen molar-refractivity contribution in [1.82, 2.24) is 4.90 Å². The normalized spacial score (nSPS) is 22.6. The predicted molar refractivity (Wildman–Crippen MR) is 76.4 cm³/mol. The summed E-state index contributed by atoms with van der Waals surface area (Å²) in [6.45, 7) is 4.77. The fraction of sp³-hybridized carbons (Fsp3) is 0.571. The highest BCUT2D eigenvalue weighted by atomic mass is 32.1. The van der Waals surface area contributed by atoms with Crippen LogP contribution >= 0.6 is 11.3 Å². The average molecular weight is 297 g/mol. The first-order valence-corrected chi connectivity index (χ1v) is 7.40. The first-order chi connectivity index (χ1) is 9.42. The van der Waals surface area contributed by atoms with Crippen LogP contribution < -0.4 is 4.74 Å². The van der Waals surface area contributed by atoms with Crippen molar-refractivity contribution in [2.45, 2.75) is 20.3 Å². The third-order valence-corrected chi connectivity index (χ3v) is 4.55. The quantitative estimate of drug-likeness (QED) is 0.929. The number of aliphatic carboxylic acids is 1. The molecule has 20 heavy (non-hydrogen) atoms. The Morgan fingerprint density at radius 2 is 2.15 bits per heavy atom. The van der Waals surface area contributed by atoms with Gasteiger partial charge in [0, 0.05) is 18.0 Å². The van der Waals surface area contributed by atoms with E-state index in [-0.39, 0.29) is 18.4 Å². The number of ether oxygens (including phenoxy) is 1. The lowest BCUT2D eigenvalue weighted by molar-refractivity contribution is -0.143. The van der Waals surface area contributed by atoms with E-state index in [2.05, 4.69) is 0 Å². The Balaban J connectivity index is 2.21. The highest BCUT2D eigenvalue weighted by molar-refractivity contribution is 7.14. The summed E-state index contributed by atoms with van der Waals surface area (Å²) >= 11 is 1.39. The lowest BCUT2D eigenvalue weighted by Gasteiger charge is -2.34. The Bertz CT molecular complexity index is 525. The first kappa shape index (κ1) is 14.8. The predicted octanol–water partition coefficient (Wildman–Crippen LogP) is 2.25. The van der Waals surface area contributed by atoms with E-state index >= 15 is 0 Å². The van der Waals surface area contributed by atoms with Gasteiger partial charge >= 0.3 is 5.97 Å². The molecule has 1 fully saturated rings. The number of carbonyl (C=O) groups excluding carboxylic acids is 1. The van der Waals surface area contributed by atoms with Gasteiger partial charge in [-0.2, -0.15) is 0 Å². The number of aryl methyl sites for hydroxylation is 1. The molecule has 1 aliphatic heterocycles. The number of hydrogen-bond acceptors (Lipinski definition) is 4. The van der Waals surface area contributed by atoms with Gasteiger partial charge in [-0.15, -0.1) is 11.3 Å². The maximum absolute atomic E-state index is 12.6. The summed E-state index contributed by atoms with van der Waals surface area (Å²) in [5, 5.41) is 9.17. The van der Waals surface area contributed by atoms with Gasteiger partial charge < -0.3 is 14.7 Å². The fourth-order valence-electron chi connectivity index (χ4n) is 2.63. The Hall–Kier alpha value is -1.56. The lowest BCUT2D eigenvalue weighted by Crippen LogP contribution is -2.45. The molecule has 1 N–H and O–H groups in total. The van der Waals surface area contributed by atoms with Crippen molar-refractivity contribution in [2.75, 3.05) is 20.2 Å². The van der Waals surface area contributed by atoms with E-state index in [1.54, 1.807) is 4.90 Å². The summed E-state index contributed by atoms with van der Waals surface area (Å²) in [5.41, 5.74) is 0. The molecule has 2 unspecified atom stereocenters. The Morgan fingerprint density at radius 3 is 2.75 bits per heavy atom. The Labute approximate surface area is 122 Å². The van der Waals surface area contributed by atoms with Crippen LogP contribution in [0.4, 0.5) is 0 Å². The maximum Gasteiger partial charge on any atom is 0.308 e. The molecule has 0 radical (unpaired) electrons. The monoisotopic (exact) mass is 297 g/mol. The van der Waals surface area contributed by atoms with Crippen LogP contribution in [0.5, 0.6) is 5.75 Å². The molecule has 1 aromatic rings. The third-order valence-electron chi connectivity index (χ3n) is 3.53. The highest BCUT2D eigenvalue weighted by Gasteiger charge is 2.33. The van der Waals surface area contributed by atoms with Gasteiger partial charge in [0.1, 0.15) is 10.6 Å². The number of methoxy groups -OCH3 is 1. The zero-order valence-electron chi connectivity index (χ0n) is 11.9. The molecule has 0 spiro atoms. The fourth-order valence-corrected chi connectivity index (χ4v) is 3.58. The zero-order chi connectivity index (χ0) is 14.9. The van der Waals surface area contributed by atoms with Crippen LogP contribution in [0.1, 0.15) is 27.9 Å². The molecule has 2 heterocycles. The molecular weight excluding hydrogens is 278 g/mol. The van der Waals surface area contributed by atoms with Crippen molar-refractivity contribution in [3.8, 4) is 5.75 Å². The first-order valence-electron chi connectivity index (χ1n) is 6.58. The van der Waals surface area contributed by atoms with Crippen molar-refractivity contribution in [3.63, 3.8) is 0 Å². The van der Waals surface area contributed by atoms with Crippen molar-refractivity contribution in [2.24, 2.45) is 11.8 Å². The van der Waals surface area contributed by atoms with Crippen LogP contribution in [0.3, 0.4) is 0 Å². The molecule has 1 aliphatic rings. The van der Waals surface area contributed by atoms with Crippen LogP contribution in [-0.2, 0) is 4.79 Å². The van der Waals surface area contributed by atoms with Crippen molar-refractivity contribution in [1.29, 1.82) is 0 Å². The van der Waals surface area contributed by atoms with Crippen molar-refractivity contribution in [3.05, 3.63) is 15.8 Å². The van der Waals surface area contributed by atoms with E-state index < -0.39 is 11.9 Å². The van der Waals surface area contributed by atoms with Crippen LogP contribution in [0, 0.1) is 18.8 Å². The molecule has 0 saturated carbocycles. The number of carboxylic acids is 1. The van der Waals surface area contributed by atoms with Crippen LogP contribution in [-0.4, -0.2) is 42.1 Å². The summed E-state index contributed by atoms with van der Waals surface area (Å²) in [6, 6.07) is 1.83. The number of thiophene rings is 1. The maximum atomic E-state index is 12.6. The van der Waals surface area contributed by atoms with Gasteiger partial charge in [0.25, 0.3) is 5.91 Å². The van der Waals surface area contributed by atoms with Crippen LogP contribution in [0.25, 0.3) is 0 Å². The molecular formula is C14H19NO4S. The molecule has 2 atom stereocenters. The summed E-state index contributed by atoms with van der Waals surface area (Å²) in [6.07, 6.45) is 0.625. The number of carbonyl (C=O) groups is 2. The summed E-state index contributed by atoms with van der Waals surface area (Å²) in [5.74, 6) is -0.667. The molecule has 6 heteroatoms. The van der Waals surface area contributed by atoms with Crippen molar-refractivity contribution >= 4 is 23.2 Å². The SMILES string of the molecule is COc1cc(C)sc1C(=O)N1CC(C)CC(C(=O)O)C1. The van der Waals surface area contributed by atoms with E-state index in [4.69, 9.17) is 4.74 Å². The van der Waals surface area contributed by atoms with Gasteiger partial charge in [-0.1, -0.05) is 6.92 Å². The minimum atomic E-state index is -0.830. The van der Waals surface area contributed by atoms with Crippen molar-refractivity contribution < 1.29 is 19.4 Å².